The first-order valence-corrected chi connectivity index (χ1v) is 11.2. The van der Waals surface area contributed by atoms with E-state index in [0.717, 1.165) is 0 Å². The van der Waals surface area contributed by atoms with Crippen LogP contribution in [0.5, 0.6) is 0 Å². The molecule has 0 saturated heterocycles. The Morgan fingerprint density at radius 2 is 2.11 bits per heavy atom. The third kappa shape index (κ3) is 4.62. The molecule has 0 fully saturated rings. The van der Waals surface area contributed by atoms with Crippen LogP contribution < -0.4 is 0 Å². The lowest BCUT2D eigenvalue weighted by Gasteiger charge is -2.29. The van der Waals surface area contributed by atoms with E-state index in [9.17, 15) is 18.0 Å². The predicted octanol–water partition coefficient (Wildman–Crippen LogP) is 3.13. The van der Waals surface area contributed by atoms with Crippen molar-refractivity contribution in [3.63, 3.8) is 0 Å². The highest BCUT2D eigenvalue weighted by Gasteiger charge is 2.39. The highest BCUT2D eigenvalue weighted by molar-refractivity contribution is 5.89. The molecule has 3 aromatic rings. The number of halogens is 3. The third-order valence-corrected chi connectivity index (χ3v) is 5.88. The summed E-state index contributed by atoms with van der Waals surface area (Å²) in [7, 11) is 3.06. The molecule has 1 N–H and O–H groups in total. The van der Waals surface area contributed by atoms with Gasteiger partial charge in [-0.3, -0.25) is 14.6 Å². The summed E-state index contributed by atoms with van der Waals surface area (Å²) in [6.45, 7) is 7.50. The fourth-order valence-electron chi connectivity index (χ4n) is 4.09. The van der Waals surface area contributed by atoms with Crippen LogP contribution in [0.4, 0.5) is 13.2 Å². The topological polar surface area (TPSA) is 117 Å². The number of aryl methyl sites for hydroxylation is 1. The molecule has 36 heavy (non-hydrogen) atoms. The van der Waals surface area contributed by atoms with Gasteiger partial charge in [0.05, 0.1) is 42.4 Å². The first-order valence-electron chi connectivity index (χ1n) is 11.2. The molecule has 0 saturated carbocycles. The van der Waals surface area contributed by atoms with Crippen molar-refractivity contribution < 1.29 is 22.7 Å². The van der Waals surface area contributed by atoms with E-state index < -0.39 is 11.9 Å². The van der Waals surface area contributed by atoms with Crippen LogP contribution in [-0.2, 0) is 22.3 Å². The molecular formula is C22H26F3N9O2. The average Bonchev–Trinajstić information content (AvgIpc) is 3.44. The summed E-state index contributed by atoms with van der Waals surface area (Å²) in [4.78, 5) is 23.8. The number of carbonyl (C=O) groups is 1. The van der Waals surface area contributed by atoms with Gasteiger partial charge in [-0.15, -0.1) is 0 Å². The van der Waals surface area contributed by atoms with Crippen LogP contribution in [0.3, 0.4) is 0 Å². The molecule has 0 aliphatic carbocycles. The van der Waals surface area contributed by atoms with E-state index in [4.69, 9.17) is 4.74 Å². The minimum Gasteiger partial charge on any atom is -0.481 e. The number of fused-ring (bicyclic) bond motifs is 4. The molecule has 0 atom stereocenters. The Balaban J connectivity index is 2.02. The molecule has 14 heteroatoms. The number of alkyl halides is 3. The molecule has 0 unspecified atom stereocenters. The quantitative estimate of drug-likeness (QED) is 0.329. The molecule has 4 bridgehead atoms. The monoisotopic (exact) mass is 505 g/mol. The highest BCUT2D eigenvalue weighted by Crippen LogP contribution is 2.37. The fourth-order valence-corrected chi connectivity index (χ4v) is 4.09. The number of nitrogens with zero attached hydrogens (tertiary/aromatic N) is 8. The first-order chi connectivity index (χ1) is 17.0. The molecule has 1 amide bonds. The lowest BCUT2D eigenvalue weighted by molar-refractivity contribution is -0.141. The van der Waals surface area contributed by atoms with E-state index in [1.807, 2.05) is 13.8 Å². The van der Waals surface area contributed by atoms with Crippen molar-refractivity contribution in [3.8, 4) is 11.3 Å². The minimum absolute atomic E-state index is 0.0419. The van der Waals surface area contributed by atoms with Gasteiger partial charge in [-0.05, 0) is 20.3 Å². The standard InChI is InChI=1S/C22H26F3N9O2/c1-12(2)34-11-13(21(36-5)32(4)26-3)15-9-27-20-18(28-15)17(29-30-20)14-10-33(8-6-7-16(34)35)31-19(14)22(23,24)25/h9-10,12H,3,6-8,11H2,1-2,4-5H3,(H,27,29,30)/b21-13-. The molecule has 1 aliphatic heterocycles. The number of hydrogen-bond acceptors (Lipinski definition) is 8. The number of methoxy groups -OCH3 is 1. The maximum Gasteiger partial charge on any atom is 0.435 e. The summed E-state index contributed by atoms with van der Waals surface area (Å²) >= 11 is 0. The maximum atomic E-state index is 13.9. The van der Waals surface area contributed by atoms with E-state index >= 15 is 0 Å². The highest BCUT2D eigenvalue weighted by atomic mass is 19.4. The van der Waals surface area contributed by atoms with E-state index in [-0.39, 0.29) is 65.5 Å². The Bertz CT molecular complexity index is 1330. The number of H-pyrrole nitrogens is 1. The number of aromatic nitrogens is 6. The molecule has 0 spiro atoms. The van der Waals surface area contributed by atoms with Gasteiger partial charge in [0.25, 0.3) is 0 Å². The molecule has 4 rings (SSSR count). The number of rotatable bonds is 4. The normalized spacial score (nSPS) is 16.4. The second-order valence-electron chi connectivity index (χ2n) is 8.55. The minimum atomic E-state index is -4.71. The largest absolute Gasteiger partial charge is 0.481 e. The van der Waals surface area contributed by atoms with Crippen LogP contribution in [-0.4, -0.2) is 79.2 Å². The van der Waals surface area contributed by atoms with Crippen LogP contribution in [0, 0.1) is 0 Å². The van der Waals surface area contributed by atoms with E-state index in [1.165, 1.54) is 29.2 Å². The zero-order valence-electron chi connectivity index (χ0n) is 20.3. The lowest BCUT2D eigenvalue weighted by Crippen LogP contribution is -2.39. The van der Waals surface area contributed by atoms with Gasteiger partial charge in [0.2, 0.25) is 11.8 Å². The molecule has 0 radical (unpaired) electrons. The van der Waals surface area contributed by atoms with E-state index in [2.05, 4.69) is 37.1 Å². The fraction of sp³-hybridized carbons (Fsp3) is 0.455. The van der Waals surface area contributed by atoms with Crippen LogP contribution in [0.2, 0.25) is 0 Å². The van der Waals surface area contributed by atoms with Crippen LogP contribution in [0.15, 0.2) is 23.4 Å². The number of ether oxygens (including phenoxy) is 1. The smallest absolute Gasteiger partial charge is 0.435 e. The number of aromatic amines is 1. The molecule has 0 aromatic carbocycles. The van der Waals surface area contributed by atoms with Crippen molar-refractivity contribution in [2.45, 2.75) is 45.5 Å². The van der Waals surface area contributed by atoms with E-state index in [1.54, 1.807) is 11.9 Å². The summed E-state index contributed by atoms with van der Waals surface area (Å²) in [5.41, 5.74) is -0.236. The summed E-state index contributed by atoms with van der Waals surface area (Å²) < 4.78 is 48.4. The molecule has 4 heterocycles. The van der Waals surface area contributed by atoms with Gasteiger partial charge in [0, 0.05) is 39.0 Å². The van der Waals surface area contributed by atoms with Gasteiger partial charge >= 0.3 is 6.18 Å². The van der Waals surface area contributed by atoms with E-state index in [0.29, 0.717) is 12.0 Å². The molecule has 3 aromatic heterocycles. The number of amides is 1. The molecule has 1 aliphatic rings. The van der Waals surface area contributed by atoms with Gasteiger partial charge in [0.15, 0.2) is 11.3 Å². The van der Waals surface area contributed by atoms with Gasteiger partial charge in [-0.1, -0.05) is 0 Å². The Hall–Kier alpha value is -3.97. The number of nitrogens with one attached hydrogen (secondary N) is 1. The Morgan fingerprint density at radius 3 is 2.75 bits per heavy atom. The Kier molecular flexibility index (Phi) is 6.69. The Morgan fingerprint density at radius 1 is 1.36 bits per heavy atom. The number of hydrogen-bond donors (Lipinski definition) is 1. The van der Waals surface area contributed by atoms with Crippen molar-refractivity contribution >= 4 is 29.4 Å². The Labute approximate surface area is 204 Å². The lowest BCUT2D eigenvalue weighted by atomic mass is 10.1. The van der Waals surface area contributed by atoms with Crippen molar-refractivity contribution in [3.05, 3.63) is 29.7 Å². The van der Waals surface area contributed by atoms with Crippen molar-refractivity contribution in [2.24, 2.45) is 5.10 Å². The zero-order valence-corrected chi connectivity index (χ0v) is 20.3. The van der Waals surface area contributed by atoms with Gasteiger partial charge < -0.3 is 9.64 Å². The summed E-state index contributed by atoms with van der Waals surface area (Å²) in [6, 6.07) is -0.185. The van der Waals surface area contributed by atoms with Crippen molar-refractivity contribution in [2.75, 3.05) is 20.7 Å². The maximum absolute atomic E-state index is 13.9. The van der Waals surface area contributed by atoms with Crippen molar-refractivity contribution in [1.82, 2.24) is 39.9 Å². The molecular weight excluding hydrogens is 479 g/mol. The summed E-state index contributed by atoms with van der Waals surface area (Å²) in [6.07, 6.45) is -1.59. The number of hydrazone groups is 1. The molecule has 11 nitrogen and oxygen atoms in total. The third-order valence-electron chi connectivity index (χ3n) is 5.88. The second kappa shape index (κ2) is 9.59. The van der Waals surface area contributed by atoms with Crippen molar-refractivity contribution in [1.29, 1.82) is 0 Å². The number of carbonyl (C=O) groups excluding carboxylic acids is 1. The van der Waals surface area contributed by atoms with Crippen LogP contribution in [0.1, 0.15) is 38.1 Å². The SMILES string of the molecule is C=NN(C)/C(OC)=C1\CN(C(C)C)C(=O)CCCn2cc(c(C(F)(F)F)n2)-c2[nH]nc3ncc1nc23. The zero-order chi connectivity index (χ0) is 26.2. The summed E-state index contributed by atoms with van der Waals surface area (Å²) in [5.74, 6) is 0.0868. The van der Waals surface area contributed by atoms with Gasteiger partial charge in [0.1, 0.15) is 5.52 Å². The van der Waals surface area contributed by atoms with Gasteiger partial charge in [-0.25, -0.2) is 15.0 Å². The van der Waals surface area contributed by atoms with Crippen LogP contribution >= 0.6 is 0 Å². The first kappa shape index (κ1) is 25.1. The average molecular weight is 506 g/mol. The second-order valence-corrected chi connectivity index (χ2v) is 8.55. The van der Waals surface area contributed by atoms with Gasteiger partial charge in [-0.2, -0.15) is 28.5 Å². The predicted molar refractivity (Wildman–Crippen MR) is 125 cm³/mol. The molecule has 192 valence electrons. The summed E-state index contributed by atoms with van der Waals surface area (Å²) in [5, 5.41) is 15.7. The van der Waals surface area contributed by atoms with Crippen LogP contribution in [0.25, 0.3) is 28.0 Å².